The number of aromatic nitrogens is 8. The molecule has 0 aliphatic heterocycles. The number of fused-ring (bicyclic) bond motifs is 2. The lowest BCUT2D eigenvalue weighted by Gasteiger charge is -2.10. The minimum absolute atomic E-state index is 0.0424. The number of aliphatic hydroxyl groups excluding tert-OH is 1. The summed E-state index contributed by atoms with van der Waals surface area (Å²) in [7, 11) is 0. The number of aryl methyl sites for hydroxylation is 2. The summed E-state index contributed by atoms with van der Waals surface area (Å²) >= 11 is 0. The van der Waals surface area contributed by atoms with Gasteiger partial charge in [-0.3, -0.25) is 23.9 Å². The van der Waals surface area contributed by atoms with Crippen LogP contribution in [0, 0.1) is 13.8 Å². The Bertz CT molecular complexity index is 2500. The lowest BCUT2D eigenvalue weighted by atomic mass is 10.1. The predicted molar refractivity (Wildman–Crippen MR) is 203 cm³/mol. The summed E-state index contributed by atoms with van der Waals surface area (Å²) < 4.78 is 3.97. The van der Waals surface area contributed by atoms with Crippen LogP contribution in [0.25, 0.3) is 33.7 Å². The maximum Gasteiger partial charge on any atom is 0.159 e. The second kappa shape index (κ2) is 14.6. The number of nitrogens with zero attached hydrogens (tertiary/aromatic N) is 8. The minimum Gasteiger partial charge on any atom is -0.389 e. The Morgan fingerprint density at radius 3 is 1.50 bits per heavy atom. The number of carbonyl (C=O) groups is 1. The molecule has 0 amide bonds. The van der Waals surface area contributed by atoms with Crippen molar-refractivity contribution in [2.24, 2.45) is 0 Å². The second-order valence-corrected chi connectivity index (χ2v) is 12.2. The molecule has 0 fully saturated rings. The highest BCUT2D eigenvalue weighted by Crippen LogP contribution is 2.24. The van der Waals surface area contributed by atoms with Crippen molar-refractivity contribution in [1.82, 2.24) is 39.0 Å². The van der Waals surface area contributed by atoms with E-state index in [2.05, 4.69) is 40.5 Å². The Morgan fingerprint density at radius 1 is 0.615 bits per heavy atom. The molecule has 0 saturated heterocycles. The average molecular weight is 689 g/mol. The van der Waals surface area contributed by atoms with Gasteiger partial charge in [0.1, 0.15) is 11.6 Å². The maximum atomic E-state index is 11.4. The molecule has 0 radical (unpaired) electrons. The van der Waals surface area contributed by atoms with Crippen molar-refractivity contribution >= 4 is 50.9 Å². The lowest BCUT2D eigenvalue weighted by molar-refractivity contribution is 0.101. The van der Waals surface area contributed by atoms with Crippen molar-refractivity contribution in [2.45, 2.75) is 33.8 Å². The second-order valence-electron chi connectivity index (χ2n) is 12.2. The summed E-state index contributed by atoms with van der Waals surface area (Å²) in [6, 6.07) is 30.8. The molecule has 1 unspecified atom stereocenters. The fourth-order valence-corrected chi connectivity index (χ4v) is 5.85. The third-order valence-electron chi connectivity index (χ3n) is 8.39. The van der Waals surface area contributed by atoms with Crippen LogP contribution >= 0.6 is 0 Å². The summed E-state index contributed by atoms with van der Waals surface area (Å²) in [4.78, 5) is 38.5. The zero-order valence-electron chi connectivity index (χ0n) is 29.1. The third kappa shape index (κ3) is 7.23. The van der Waals surface area contributed by atoms with Crippen LogP contribution < -0.4 is 10.6 Å². The molecule has 4 aromatic heterocycles. The van der Waals surface area contributed by atoms with Gasteiger partial charge >= 0.3 is 0 Å². The minimum atomic E-state index is -0.482. The number of rotatable bonds is 8. The number of carbonyl (C=O) groups excluding carboxylic acids is 1. The number of nitrogens with one attached hydrogen (secondary N) is 2. The van der Waals surface area contributed by atoms with Crippen molar-refractivity contribution in [3.63, 3.8) is 0 Å². The molecule has 52 heavy (non-hydrogen) atoms. The van der Waals surface area contributed by atoms with Crippen LogP contribution in [0.1, 0.15) is 47.5 Å². The number of para-hydroxylation sites is 4. The highest BCUT2D eigenvalue weighted by Gasteiger charge is 2.13. The number of benzene rings is 4. The Hall–Kier alpha value is -6.79. The molecule has 1 atom stereocenters. The summed E-state index contributed by atoms with van der Waals surface area (Å²) in [6.45, 7) is 7.20. The Kier molecular flexibility index (Phi) is 9.46. The van der Waals surface area contributed by atoms with Crippen molar-refractivity contribution in [2.75, 3.05) is 10.6 Å². The molecule has 12 nitrogen and oxygen atoms in total. The van der Waals surface area contributed by atoms with E-state index in [1.165, 1.54) is 0 Å². The van der Waals surface area contributed by atoms with Crippen molar-refractivity contribution < 1.29 is 9.90 Å². The monoisotopic (exact) mass is 688 g/mol. The van der Waals surface area contributed by atoms with Crippen LogP contribution in [-0.2, 0) is 0 Å². The van der Waals surface area contributed by atoms with Crippen molar-refractivity contribution in [3.8, 4) is 11.6 Å². The number of aliphatic hydroxyl groups is 1. The van der Waals surface area contributed by atoms with Gasteiger partial charge in [-0.15, -0.1) is 0 Å². The summed E-state index contributed by atoms with van der Waals surface area (Å²) in [6.07, 6.45) is 6.30. The van der Waals surface area contributed by atoms with E-state index >= 15 is 0 Å². The lowest BCUT2D eigenvalue weighted by Crippen LogP contribution is -2.03. The van der Waals surface area contributed by atoms with Crippen molar-refractivity contribution in [1.29, 1.82) is 0 Å². The van der Waals surface area contributed by atoms with Crippen molar-refractivity contribution in [3.05, 3.63) is 145 Å². The van der Waals surface area contributed by atoms with Gasteiger partial charge in [0, 0.05) is 16.9 Å². The zero-order chi connectivity index (χ0) is 36.2. The highest BCUT2D eigenvalue weighted by atomic mass is 16.3. The third-order valence-corrected chi connectivity index (χ3v) is 8.39. The van der Waals surface area contributed by atoms with E-state index in [1.54, 1.807) is 50.8 Å². The first-order chi connectivity index (χ1) is 25.2. The first-order valence-electron chi connectivity index (χ1n) is 16.7. The Morgan fingerprint density at radius 2 is 1.06 bits per heavy atom. The van der Waals surface area contributed by atoms with Crippen LogP contribution in [0.15, 0.2) is 122 Å². The Labute approximate surface area is 299 Å². The molecule has 258 valence electrons. The zero-order valence-corrected chi connectivity index (χ0v) is 29.1. The molecule has 0 saturated carbocycles. The molecule has 0 aliphatic carbocycles. The topological polar surface area (TPSA) is 149 Å². The first-order valence-corrected chi connectivity index (χ1v) is 16.7. The standard InChI is InChI=1S/C20H19N5O.C20H17N5O/c2*1-13(26)15-7-9-16(10-8-15)23-19-11-21-12-20(24-19)25-14(2)22-17-5-3-4-6-18(17)25/h3-13,26H,1-2H3,(H,23,24);3-12H,1-2H3,(H,23,24). The molecule has 3 N–H and O–H groups in total. The van der Waals surface area contributed by atoms with E-state index < -0.39 is 6.10 Å². The normalized spacial score (nSPS) is 11.6. The largest absolute Gasteiger partial charge is 0.389 e. The van der Waals surface area contributed by atoms with Crippen LogP contribution in [-0.4, -0.2) is 49.9 Å². The van der Waals surface area contributed by atoms with Gasteiger partial charge in [-0.25, -0.2) is 19.9 Å². The predicted octanol–water partition coefficient (Wildman–Crippen LogP) is 7.99. The number of anilines is 4. The molecule has 4 aromatic carbocycles. The van der Waals surface area contributed by atoms with Gasteiger partial charge < -0.3 is 15.7 Å². The van der Waals surface area contributed by atoms with E-state index in [0.29, 0.717) is 28.8 Å². The number of imidazole rings is 2. The molecule has 0 aliphatic rings. The summed E-state index contributed by atoms with van der Waals surface area (Å²) in [5.41, 5.74) is 7.11. The fourth-order valence-electron chi connectivity index (χ4n) is 5.85. The number of ketones is 1. The molecule has 0 bridgehead atoms. The van der Waals surface area contributed by atoms with Crippen LogP contribution in [0.5, 0.6) is 0 Å². The molecular weight excluding hydrogens is 653 g/mol. The SMILES string of the molecule is CC(=O)c1ccc(Nc2cncc(-n3c(C)nc4ccccc43)n2)cc1.Cc1nc2ccccc2n1-c1cncc(Nc2ccc(C(C)O)cc2)n1. The highest BCUT2D eigenvalue weighted by molar-refractivity contribution is 5.94. The number of hydrogen-bond donors (Lipinski definition) is 3. The molecule has 4 heterocycles. The van der Waals surface area contributed by atoms with Gasteiger partial charge in [0.05, 0.1) is 53.0 Å². The molecular formula is C40H36N10O2. The van der Waals surface area contributed by atoms with Gasteiger partial charge in [0.15, 0.2) is 29.1 Å². The summed E-state index contributed by atoms with van der Waals surface area (Å²) in [5, 5.41) is 16.1. The summed E-state index contributed by atoms with van der Waals surface area (Å²) in [5.74, 6) is 4.42. The molecule has 8 aromatic rings. The average Bonchev–Trinajstić information content (AvgIpc) is 3.67. The van der Waals surface area contributed by atoms with Gasteiger partial charge in [0.2, 0.25) is 0 Å². The van der Waals surface area contributed by atoms with E-state index in [9.17, 15) is 9.90 Å². The Balaban J connectivity index is 0.000000162. The number of hydrogen-bond acceptors (Lipinski definition) is 10. The van der Waals surface area contributed by atoms with Crippen LogP contribution in [0.4, 0.5) is 23.0 Å². The van der Waals surface area contributed by atoms with E-state index in [-0.39, 0.29) is 5.78 Å². The first kappa shape index (κ1) is 33.7. The van der Waals surface area contributed by atoms with E-state index in [4.69, 9.17) is 0 Å². The van der Waals surface area contributed by atoms with E-state index in [0.717, 1.165) is 50.7 Å². The number of Topliss-reactive ketones (excluding diaryl/α,β-unsaturated/α-hetero) is 1. The van der Waals surface area contributed by atoms with Crippen LogP contribution in [0.3, 0.4) is 0 Å². The van der Waals surface area contributed by atoms with Gasteiger partial charge in [-0.1, -0.05) is 36.4 Å². The van der Waals surface area contributed by atoms with Gasteiger partial charge in [-0.05, 0) is 93.9 Å². The molecule has 12 heteroatoms. The van der Waals surface area contributed by atoms with Gasteiger partial charge in [-0.2, -0.15) is 0 Å². The van der Waals surface area contributed by atoms with E-state index in [1.807, 2.05) is 108 Å². The smallest absolute Gasteiger partial charge is 0.159 e. The fraction of sp³-hybridized carbons (Fsp3) is 0.125. The van der Waals surface area contributed by atoms with Crippen LogP contribution in [0.2, 0.25) is 0 Å². The molecule has 0 spiro atoms. The molecule has 8 rings (SSSR count). The quantitative estimate of drug-likeness (QED) is 0.134. The maximum absolute atomic E-state index is 11.4. The van der Waals surface area contributed by atoms with Gasteiger partial charge in [0.25, 0.3) is 0 Å².